The minimum Gasteiger partial charge on any atom is -0.255 e. The first kappa shape index (κ1) is 20.1. The normalized spacial score (nSPS) is 10.9. The molecule has 0 aliphatic rings. The van der Waals surface area contributed by atoms with Gasteiger partial charge in [-0.25, -0.2) is 0 Å². The molecule has 2 nitrogen and oxygen atoms in total. The Balaban J connectivity index is 1.80. The van der Waals surface area contributed by atoms with E-state index in [9.17, 15) is 0 Å². The van der Waals surface area contributed by atoms with Gasteiger partial charge in [-0.1, -0.05) is 121 Å². The molecule has 0 saturated heterocycles. The predicted octanol–water partition coefficient (Wildman–Crippen LogP) is 8.30. The highest BCUT2D eigenvalue weighted by molar-refractivity contribution is 6.15. The second-order valence-corrected chi connectivity index (χ2v) is 8.26. The van der Waals surface area contributed by atoms with Gasteiger partial charge in [0.25, 0.3) is 0 Å². The maximum Gasteiger partial charge on any atom is 0.0788 e. The van der Waals surface area contributed by atoms with Crippen LogP contribution in [0.1, 0.15) is 0 Å². The van der Waals surface area contributed by atoms with Gasteiger partial charge in [-0.15, -0.1) is 0 Å². The van der Waals surface area contributed by atoms with E-state index in [0.29, 0.717) is 0 Å². The van der Waals surface area contributed by atoms with E-state index < -0.39 is 0 Å². The van der Waals surface area contributed by atoms with E-state index in [-0.39, 0.29) is 0 Å². The molecule has 0 atom stereocenters. The third-order valence-corrected chi connectivity index (χ3v) is 6.17. The summed E-state index contributed by atoms with van der Waals surface area (Å²) in [6, 6.07) is 41.8. The molecular weight excluding hydrogens is 412 g/mol. The molecule has 2 heteroatoms. The standard InChI is InChI=1S/C32H22N2/c1-5-13-23(14-6-1)27-21-33-32(26-19-11-4-12-20-26)30-28(24-15-7-2-8-16-24)22-34-31(29(27)30)25-17-9-3-10-18-25/h1-22H. The fourth-order valence-corrected chi connectivity index (χ4v) is 4.58. The minimum atomic E-state index is 0.966. The van der Waals surface area contributed by atoms with Crippen molar-refractivity contribution in [3.8, 4) is 44.8 Å². The van der Waals surface area contributed by atoms with E-state index in [2.05, 4.69) is 97.1 Å². The Morgan fingerprint density at radius 3 is 0.941 bits per heavy atom. The van der Waals surface area contributed by atoms with Gasteiger partial charge in [0.15, 0.2) is 0 Å². The molecule has 34 heavy (non-hydrogen) atoms. The molecule has 0 unspecified atom stereocenters. The van der Waals surface area contributed by atoms with Gasteiger partial charge < -0.3 is 0 Å². The summed E-state index contributed by atoms with van der Waals surface area (Å²) in [5, 5.41) is 2.24. The zero-order valence-corrected chi connectivity index (χ0v) is 18.6. The molecule has 2 aromatic heterocycles. The lowest BCUT2D eigenvalue weighted by molar-refractivity contribution is 1.32. The van der Waals surface area contributed by atoms with Crippen LogP contribution in [0, 0.1) is 0 Å². The zero-order chi connectivity index (χ0) is 22.7. The smallest absolute Gasteiger partial charge is 0.0788 e. The van der Waals surface area contributed by atoms with Crippen molar-refractivity contribution >= 4 is 10.8 Å². The number of hydrogen-bond donors (Lipinski definition) is 0. The van der Waals surface area contributed by atoms with Crippen molar-refractivity contribution in [2.24, 2.45) is 0 Å². The third-order valence-electron chi connectivity index (χ3n) is 6.17. The van der Waals surface area contributed by atoms with Crippen LogP contribution in [0.3, 0.4) is 0 Å². The van der Waals surface area contributed by atoms with Crippen LogP contribution in [0.25, 0.3) is 55.5 Å². The molecule has 2 heterocycles. The number of rotatable bonds is 4. The number of pyridine rings is 2. The van der Waals surface area contributed by atoms with Crippen LogP contribution in [-0.2, 0) is 0 Å². The molecule has 0 fully saturated rings. The summed E-state index contributed by atoms with van der Waals surface area (Å²) in [5.41, 5.74) is 8.54. The van der Waals surface area contributed by atoms with Crippen LogP contribution in [0.15, 0.2) is 134 Å². The summed E-state index contributed by atoms with van der Waals surface area (Å²) in [6.45, 7) is 0. The molecule has 160 valence electrons. The summed E-state index contributed by atoms with van der Waals surface area (Å²) in [6.07, 6.45) is 4.01. The van der Waals surface area contributed by atoms with Crippen molar-refractivity contribution in [2.45, 2.75) is 0 Å². The first-order valence-corrected chi connectivity index (χ1v) is 11.4. The van der Waals surface area contributed by atoms with Crippen molar-refractivity contribution < 1.29 is 0 Å². The molecule has 0 aliphatic heterocycles. The van der Waals surface area contributed by atoms with Crippen molar-refractivity contribution in [3.63, 3.8) is 0 Å². The molecule has 0 spiro atoms. The Kier molecular flexibility index (Phi) is 5.17. The van der Waals surface area contributed by atoms with Gasteiger partial charge >= 0.3 is 0 Å². The lowest BCUT2D eigenvalue weighted by atomic mass is 9.90. The van der Waals surface area contributed by atoms with E-state index in [1.165, 1.54) is 0 Å². The number of aromatic nitrogens is 2. The van der Waals surface area contributed by atoms with E-state index in [1.54, 1.807) is 0 Å². The Labute approximate surface area is 199 Å². The number of fused-ring (bicyclic) bond motifs is 1. The van der Waals surface area contributed by atoms with Crippen LogP contribution in [0.2, 0.25) is 0 Å². The van der Waals surface area contributed by atoms with Gasteiger partial charge in [0, 0.05) is 45.4 Å². The Hall–Kier alpha value is -4.56. The van der Waals surface area contributed by atoms with Crippen LogP contribution >= 0.6 is 0 Å². The monoisotopic (exact) mass is 434 g/mol. The molecule has 6 rings (SSSR count). The molecule has 0 amide bonds. The molecular formula is C32H22N2. The maximum absolute atomic E-state index is 5.05. The Morgan fingerprint density at radius 2 is 0.618 bits per heavy atom. The van der Waals surface area contributed by atoms with Gasteiger partial charge in [-0.05, 0) is 11.1 Å². The summed E-state index contributed by atoms with van der Waals surface area (Å²) < 4.78 is 0. The topological polar surface area (TPSA) is 25.8 Å². The molecule has 6 aromatic rings. The summed E-state index contributed by atoms with van der Waals surface area (Å²) in [5.74, 6) is 0. The maximum atomic E-state index is 5.05. The van der Waals surface area contributed by atoms with Crippen molar-refractivity contribution in [3.05, 3.63) is 134 Å². The van der Waals surface area contributed by atoms with E-state index in [4.69, 9.17) is 9.97 Å². The van der Waals surface area contributed by atoms with E-state index >= 15 is 0 Å². The highest BCUT2D eigenvalue weighted by atomic mass is 14.7. The average molecular weight is 435 g/mol. The van der Waals surface area contributed by atoms with Gasteiger partial charge in [0.05, 0.1) is 11.4 Å². The zero-order valence-electron chi connectivity index (χ0n) is 18.6. The lowest BCUT2D eigenvalue weighted by Gasteiger charge is -2.18. The number of nitrogens with zero attached hydrogens (tertiary/aromatic N) is 2. The highest BCUT2D eigenvalue weighted by Gasteiger charge is 2.20. The summed E-state index contributed by atoms with van der Waals surface area (Å²) >= 11 is 0. The number of hydrogen-bond acceptors (Lipinski definition) is 2. The second-order valence-electron chi connectivity index (χ2n) is 8.26. The van der Waals surface area contributed by atoms with Gasteiger partial charge in [-0.3, -0.25) is 9.97 Å². The largest absolute Gasteiger partial charge is 0.255 e. The van der Waals surface area contributed by atoms with Crippen LogP contribution in [0.5, 0.6) is 0 Å². The first-order chi connectivity index (χ1) is 16.9. The summed E-state index contributed by atoms with van der Waals surface area (Å²) in [4.78, 5) is 10.1. The first-order valence-electron chi connectivity index (χ1n) is 11.4. The van der Waals surface area contributed by atoms with Crippen molar-refractivity contribution in [1.82, 2.24) is 9.97 Å². The average Bonchev–Trinajstić information content (AvgIpc) is 2.94. The number of benzene rings is 4. The fourth-order valence-electron chi connectivity index (χ4n) is 4.58. The predicted molar refractivity (Wildman–Crippen MR) is 141 cm³/mol. The SMILES string of the molecule is c1ccc(-c2cnc(-c3ccccc3)c3c(-c4ccccc4)cnc(-c4ccccc4)c23)cc1. The van der Waals surface area contributed by atoms with E-state index in [1.807, 2.05) is 36.7 Å². The van der Waals surface area contributed by atoms with Gasteiger partial charge in [0.2, 0.25) is 0 Å². The van der Waals surface area contributed by atoms with E-state index in [0.717, 1.165) is 55.5 Å². The minimum absolute atomic E-state index is 0.966. The lowest BCUT2D eigenvalue weighted by Crippen LogP contribution is -1.97. The molecule has 0 N–H and O–H groups in total. The van der Waals surface area contributed by atoms with Crippen LogP contribution in [0.4, 0.5) is 0 Å². The second kappa shape index (κ2) is 8.76. The van der Waals surface area contributed by atoms with Crippen LogP contribution in [-0.4, -0.2) is 9.97 Å². The van der Waals surface area contributed by atoms with Crippen molar-refractivity contribution in [2.75, 3.05) is 0 Å². The molecule has 4 aromatic carbocycles. The van der Waals surface area contributed by atoms with Crippen molar-refractivity contribution in [1.29, 1.82) is 0 Å². The quantitative estimate of drug-likeness (QED) is 0.279. The summed E-state index contributed by atoms with van der Waals surface area (Å²) in [7, 11) is 0. The molecule has 0 aliphatic carbocycles. The highest BCUT2D eigenvalue weighted by Crippen LogP contribution is 2.43. The molecule has 0 radical (unpaired) electrons. The van der Waals surface area contributed by atoms with Gasteiger partial charge in [0.1, 0.15) is 0 Å². The fraction of sp³-hybridized carbons (Fsp3) is 0. The van der Waals surface area contributed by atoms with Crippen LogP contribution < -0.4 is 0 Å². The molecule has 0 saturated carbocycles. The Bertz CT molecular complexity index is 1320. The Morgan fingerprint density at radius 1 is 0.324 bits per heavy atom. The molecule has 0 bridgehead atoms. The third kappa shape index (κ3) is 3.56. The van der Waals surface area contributed by atoms with Gasteiger partial charge in [-0.2, -0.15) is 0 Å².